The Bertz CT molecular complexity index is 454. The van der Waals surface area contributed by atoms with E-state index in [4.69, 9.17) is 0 Å². The molecule has 0 aliphatic heterocycles. The maximum atomic E-state index is 11.9. The van der Waals surface area contributed by atoms with E-state index in [2.05, 4.69) is 27.3 Å². The third kappa shape index (κ3) is 3.98. The van der Waals surface area contributed by atoms with Gasteiger partial charge in [-0.05, 0) is 50.3 Å². The van der Waals surface area contributed by atoms with Crippen molar-refractivity contribution in [3.63, 3.8) is 0 Å². The second-order valence-corrected chi connectivity index (χ2v) is 5.54. The fourth-order valence-electron chi connectivity index (χ4n) is 2.20. The number of nitrogens with one attached hydrogen (secondary N) is 1. The largest absolute Gasteiger partial charge is 0.352 e. The molecule has 1 aromatic rings. The van der Waals surface area contributed by atoms with Gasteiger partial charge < -0.3 is 5.32 Å². The molecule has 1 aliphatic carbocycles. The van der Waals surface area contributed by atoms with Crippen molar-refractivity contribution in [3.05, 3.63) is 46.0 Å². The van der Waals surface area contributed by atoms with Gasteiger partial charge in [0.1, 0.15) is 0 Å². The average molecular weight is 308 g/mol. The number of rotatable bonds is 4. The topological polar surface area (TPSA) is 29.1 Å². The smallest absolute Gasteiger partial charge is 0.251 e. The predicted octanol–water partition coefficient (Wildman–Crippen LogP) is 4.07. The molecule has 0 saturated heterocycles. The van der Waals surface area contributed by atoms with Gasteiger partial charge in [-0.3, -0.25) is 4.79 Å². The molecule has 0 atom stereocenters. The van der Waals surface area contributed by atoms with Gasteiger partial charge in [0.15, 0.2) is 0 Å². The Hall–Kier alpha value is -1.09. The van der Waals surface area contributed by atoms with Crippen LogP contribution in [0.15, 0.2) is 40.4 Å². The molecule has 0 radical (unpaired) electrons. The molecule has 0 aromatic heterocycles. The number of carbonyl (C=O) groups is 1. The third-order valence-electron chi connectivity index (χ3n) is 3.20. The Morgan fingerprint density at radius 2 is 2.22 bits per heavy atom. The third-order valence-corrected chi connectivity index (χ3v) is 3.70. The lowest BCUT2D eigenvalue weighted by Crippen LogP contribution is -2.24. The number of amides is 1. The second-order valence-electron chi connectivity index (χ2n) is 4.62. The molecule has 1 amide bonds. The summed E-state index contributed by atoms with van der Waals surface area (Å²) in [4.78, 5) is 11.9. The van der Waals surface area contributed by atoms with Crippen molar-refractivity contribution in [2.24, 2.45) is 0 Å². The molecule has 1 N–H and O–H groups in total. The molecule has 0 fully saturated rings. The van der Waals surface area contributed by atoms with Gasteiger partial charge in [-0.2, -0.15) is 0 Å². The first-order chi connectivity index (χ1) is 8.75. The van der Waals surface area contributed by atoms with Crippen molar-refractivity contribution < 1.29 is 4.79 Å². The van der Waals surface area contributed by atoms with Gasteiger partial charge in [-0.25, -0.2) is 0 Å². The SMILES string of the molecule is O=C(NCCC1=CCCCC1)c1cccc(Br)c1. The molecule has 0 heterocycles. The minimum absolute atomic E-state index is 0.00714. The molecule has 0 unspecified atom stereocenters. The van der Waals surface area contributed by atoms with Gasteiger partial charge in [0.2, 0.25) is 0 Å². The zero-order valence-corrected chi connectivity index (χ0v) is 12.0. The Morgan fingerprint density at radius 1 is 1.33 bits per heavy atom. The minimum atomic E-state index is 0.00714. The van der Waals surface area contributed by atoms with Crippen LogP contribution in [0, 0.1) is 0 Å². The fourth-order valence-corrected chi connectivity index (χ4v) is 2.60. The monoisotopic (exact) mass is 307 g/mol. The predicted molar refractivity (Wildman–Crippen MR) is 77.6 cm³/mol. The summed E-state index contributed by atoms with van der Waals surface area (Å²) in [5.74, 6) is 0.00714. The second kappa shape index (κ2) is 6.74. The highest BCUT2D eigenvalue weighted by Gasteiger charge is 2.07. The number of benzene rings is 1. The quantitative estimate of drug-likeness (QED) is 0.835. The van der Waals surface area contributed by atoms with Gasteiger partial charge in [0.05, 0.1) is 0 Å². The molecule has 0 bridgehead atoms. The first kappa shape index (κ1) is 13.3. The van der Waals surface area contributed by atoms with Crippen LogP contribution in [0.4, 0.5) is 0 Å². The highest BCUT2D eigenvalue weighted by molar-refractivity contribution is 9.10. The molecule has 18 heavy (non-hydrogen) atoms. The highest BCUT2D eigenvalue weighted by atomic mass is 79.9. The van der Waals surface area contributed by atoms with Crippen molar-refractivity contribution >= 4 is 21.8 Å². The Morgan fingerprint density at radius 3 is 2.94 bits per heavy atom. The zero-order chi connectivity index (χ0) is 12.8. The summed E-state index contributed by atoms with van der Waals surface area (Å²) in [6, 6.07) is 7.47. The first-order valence-corrected chi connectivity index (χ1v) is 7.27. The fraction of sp³-hybridized carbons (Fsp3) is 0.400. The molecule has 2 rings (SSSR count). The normalized spacial score (nSPS) is 15.1. The summed E-state index contributed by atoms with van der Waals surface area (Å²) in [6.07, 6.45) is 8.33. The summed E-state index contributed by atoms with van der Waals surface area (Å²) >= 11 is 3.37. The number of hydrogen-bond acceptors (Lipinski definition) is 1. The minimum Gasteiger partial charge on any atom is -0.352 e. The van der Waals surface area contributed by atoms with E-state index in [0.29, 0.717) is 5.56 Å². The van der Waals surface area contributed by atoms with E-state index in [1.807, 2.05) is 24.3 Å². The Kier molecular flexibility index (Phi) is 5.00. The lowest BCUT2D eigenvalue weighted by molar-refractivity contribution is 0.0954. The van der Waals surface area contributed by atoms with Crippen molar-refractivity contribution in [3.8, 4) is 0 Å². The standard InChI is InChI=1S/C15H18BrNO/c16-14-8-4-7-13(11-14)15(18)17-10-9-12-5-2-1-3-6-12/h4-5,7-8,11H,1-3,6,9-10H2,(H,17,18). The van der Waals surface area contributed by atoms with Crippen molar-refractivity contribution in [1.29, 1.82) is 0 Å². The van der Waals surface area contributed by atoms with Gasteiger partial charge in [0.25, 0.3) is 5.91 Å². The van der Waals surface area contributed by atoms with Crippen LogP contribution in [0.5, 0.6) is 0 Å². The molecular formula is C15H18BrNO. The van der Waals surface area contributed by atoms with Crippen LogP contribution in [0.3, 0.4) is 0 Å². The first-order valence-electron chi connectivity index (χ1n) is 6.47. The Balaban J connectivity index is 1.79. The van der Waals surface area contributed by atoms with E-state index in [0.717, 1.165) is 17.4 Å². The van der Waals surface area contributed by atoms with Crippen LogP contribution >= 0.6 is 15.9 Å². The van der Waals surface area contributed by atoms with Crippen LogP contribution in [0.25, 0.3) is 0 Å². The van der Waals surface area contributed by atoms with Gasteiger partial charge in [-0.1, -0.05) is 33.6 Å². The van der Waals surface area contributed by atoms with E-state index in [1.54, 1.807) is 0 Å². The van der Waals surface area contributed by atoms with Gasteiger partial charge >= 0.3 is 0 Å². The summed E-state index contributed by atoms with van der Waals surface area (Å²) < 4.78 is 0.935. The van der Waals surface area contributed by atoms with E-state index in [9.17, 15) is 4.79 Å². The molecule has 96 valence electrons. The average Bonchev–Trinajstić information content (AvgIpc) is 2.40. The van der Waals surface area contributed by atoms with Crippen molar-refractivity contribution in [1.82, 2.24) is 5.32 Å². The molecule has 1 aliphatic rings. The maximum Gasteiger partial charge on any atom is 0.251 e. The van der Waals surface area contributed by atoms with E-state index < -0.39 is 0 Å². The lowest BCUT2D eigenvalue weighted by atomic mass is 9.97. The molecule has 0 spiro atoms. The summed E-state index contributed by atoms with van der Waals surface area (Å²) in [7, 11) is 0. The van der Waals surface area contributed by atoms with Crippen molar-refractivity contribution in [2.75, 3.05) is 6.54 Å². The van der Waals surface area contributed by atoms with Crippen LogP contribution in [-0.2, 0) is 0 Å². The highest BCUT2D eigenvalue weighted by Crippen LogP contribution is 2.19. The summed E-state index contributed by atoms with van der Waals surface area (Å²) in [6.45, 7) is 0.733. The van der Waals surface area contributed by atoms with Crippen LogP contribution in [-0.4, -0.2) is 12.5 Å². The molecule has 2 nitrogen and oxygen atoms in total. The molecule has 3 heteroatoms. The van der Waals surface area contributed by atoms with E-state index in [-0.39, 0.29) is 5.91 Å². The zero-order valence-electron chi connectivity index (χ0n) is 10.4. The van der Waals surface area contributed by atoms with Crippen molar-refractivity contribution in [2.45, 2.75) is 32.1 Å². The Labute approximate surface area is 117 Å². The summed E-state index contributed by atoms with van der Waals surface area (Å²) in [5, 5.41) is 2.97. The maximum absolute atomic E-state index is 11.9. The number of carbonyl (C=O) groups excluding carboxylic acids is 1. The number of halogens is 1. The molecule has 0 saturated carbocycles. The van der Waals surface area contributed by atoms with Crippen LogP contribution < -0.4 is 5.32 Å². The number of allylic oxidation sites excluding steroid dienone is 1. The van der Waals surface area contributed by atoms with Gasteiger partial charge in [0, 0.05) is 16.6 Å². The van der Waals surface area contributed by atoms with Crippen LogP contribution in [0.1, 0.15) is 42.5 Å². The van der Waals surface area contributed by atoms with E-state index in [1.165, 1.54) is 31.3 Å². The molecule has 1 aromatic carbocycles. The van der Waals surface area contributed by atoms with Gasteiger partial charge in [-0.15, -0.1) is 0 Å². The summed E-state index contributed by atoms with van der Waals surface area (Å²) in [5.41, 5.74) is 2.21. The van der Waals surface area contributed by atoms with Crippen LogP contribution in [0.2, 0.25) is 0 Å². The number of hydrogen-bond donors (Lipinski definition) is 1. The van der Waals surface area contributed by atoms with E-state index >= 15 is 0 Å². The molecular weight excluding hydrogens is 290 g/mol. The lowest BCUT2D eigenvalue weighted by Gasteiger charge is -2.13.